The van der Waals surface area contributed by atoms with E-state index in [1.165, 1.54) is 17.5 Å². The number of benzene rings is 2. The fourth-order valence-corrected chi connectivity index (χ4v) is 3.68. The van der Waals surface area contributed by atoms with E-state index < -0.39 is 0 Å². The van der Waals surface area contributed by atoms with Crippen LogP contribution in [0.4, 0.5) is 0 Å². The minimum atomic E-state index is -0.265. The predicted octanol–water partition coefficient (Wildman–Crippen LogP) is 5.44. The molecule has 0 spiro atoms. The topological polar surface area (TPSA) is 27.7 Å². The molecule has 25 heavy (non-hydrogen) atoms. The van der Waals surface area contributed by atoms with Crippen molar-refractivity contribution in [1.29, 1.82) is 0 Å². The van der Waals surface area contributed by atoms with Crippen LogP contribution in [-0.2, 0) is 11.2 Å². The summed E-state index contributed by atoms with van der Waals surface area (Å²) in [5.74, 6) is 1.73. The van der Waals surface area contributed by atoms with Gasteiger partial charge < -0.3 is 14.2 Å². The minimum absolute atomic E-state index is 0.265. The molecule has 136 valence electrons. The molecule has 0 aliphatic rings. The zero-order chi connectivity index (χ0) is 18.1. The van der Waals surface area contributed by atoms with Gasteiger partial charge in [-0.1, -0.05) is 31.2 Å². The van der Waals surface area contributed by atoms with E-state index in [9.17, 15) is 0 Å². The molecule has 2 rings (SSSR count). The molecular formula is C21H29O3P. The molecule has 0 fully saturated rings. The molecule has 0 bridgehead atoms. The summed E-state index contributed by atoms with van der Waals surface area (Å²) >= 11 is 0. The SMILES string of the molecule is CCC(PC)c1ccc(OC(C)OCCc2ccc(OC)cc2)cc1. The van der Waals surface area contributed by atoms with Crippen molar-refractivity contribution in [2.24, 2.45) is 0 Å². The van der Waals surface area contributed by atoms with Gasteiger partial charge in [-0.3, -0.25) is 0 Å². The average Bonchev–Trinajstić information content (AvgIpc) is 2.64. The zero-order valence-corrected chi connectivity index (χ0v) is 16.6. The van der Waals surface area contributed by atoms with Crippen molar-refractivity contribution in [3.63, 3.8) is 0 Å². The number of rotatable bonds is 10. The van der Waals surface area contributed by atoms with Gasteiger partial charge in [0.2, 0.25) is 0 Å². The predicted molar refractivity (Wildman–Crippen MR) is 106 cm³/mol. The fraction of sp³-hybridized carbons (Fsp3) is 0.429. The lowest BCUT2D eigenvalue weighted by Crippen LogP contribution is -2.17. The molecule has 3 nitrogen and oxygen atoms in total. The molecule has 0 N–H and O–H groups in total. The van der Waals surface area contributed by atoms with Crippen molar-refractivity contribution in [1.82, 2.24) is 0 Å². The Kier molecular flexibility index (Phi) is 8.24. The Morgan fingerprint density at radius 1 is 0.960 bits per heavy atom. The quantitative estimate of drug-likeness (QED) is 0.417. The summed E-state index contributed by atoms with van der Waals surface area (Å²) in [5.41, 5.74) is 3.28. The second-order valence-corrected chi connectivity index (χ2v) is 7.25. The van der Waals surface area contributed by atoms with E-state index in [1.54, 1.807) is 7.11 Å². The largest absolute Gasteiger partial charge is 0.497 e. The van der Waals surface area contributed by atoms with Crippen molar-refractivity contribution in [3.8, 4) is 11.5 Å². The maximum Gasteiger partial charge on any atom is 0.196 e. The van der Waals surface area contributed by atoms with Crippen LogP contribution in [0.5, 0.6) is 11.5 Å². The van der Waals surface area contributed by atoms with Crippen molar-refractivity contribution in [2.45, 2.75) is 38.6 Å². The normalized spacial score (nSPS) is 13.8. The second-order valence-electron chi connectivity index (χ2n) is 5.97. The van der Waals surface area contributed by atoms with Gasteiger partial charge in [-0.15, -0.1) is 8.58 Å². The van der Waals surface area contributed by atoms with Crippen molar-refractivity contribution >= 4 is 8.58 Å². The smallest absolute Gasteiger partial charge is 0.196 e. The number of methoxy groups -OCH3 is 1. The number of hydrogen-bond donors (Lipinski definition) is 0. The molecule has 3 atom stereocenters. The second kappa shape index (κ2) is 10.4. The van der Waals surface area contributed by atoms with E-state index in [2.05, 4.69) is 37.9 Å². The van der Waals surface area contributed by atoms with E-state index >= 15 is 0 Å². The molecule has 0 saturated carbocycles. The van der Waals surface area contributed by atoms with Gasteiger partial charge in [-0.2, -0.15) is 0 Å². The van der Waals surface area contributed by atoms with Crippen molar-refractivity contribution in [2.75, 3.05) is 20.4 Å². The molecule has 0 aromatic heterocycles. The molecule has 0 heterocycles. The third-order valence-corrected chi connectivity index (χ3v) is 5.68. The molecule has 4 heteroatoms. The Bertz CT molecular complexity index is 606. The molecule has 0 saturated heterocycles. The standard InChI is InChI=1S/C21H29O3P/c1-5-21(25-4)18-8-12-20(13-9-18)24-16(2)23-15-14-17-6-10-19(22-3)11-7-17/h6-13,16,21,25H,5,14-15H2,1-4H3. The van der Waals surface area contributed by atoms with Crippen molar-refractivity contribution in [3.05, 3.63) is 59.7 Å². The first-order valence-corrected chi connectivity index (χ1v) is 10.4. The lowest BCUT2D eigenvalue weighted by Gasteiger charge is -2.17. The highest BCUT2D eigenvalue weighted by atomic mass is 31.1. The van der Waals surface area contributed by atoms with Gasteiger partial charge in [0.05, 0.1) is 13.7 Å². The molecule has 0 amide bonds. The Labute approximate surface area is 153 Å². The van der Waals surface area contributed by atoms with Gasteiger partial charge in [0.1, 0.15) is 11.5 Å². The maximum atomic E-state index is 5.85. The fourth-order valence-electron chi connectivity index (χ4n) is 2.75. The van der Waals surface area contributed by atoms with Gasteiger partial charge >= 0.3 is 0 Å². The van der Waals surface area contributed by atoms with Crippen LogP contribution in [0, 0.1) is 0 Å². The lowest BCUT2D eigenvalue weighted by molar-refractivity contribution is -0.0654. The number of hydrogen-bond acceptors (Lipinski definition) is 3. The molecule has 0 aliphatic heterocycles. The Balaban J connectivity index is 1.76. The number of ether oxygens (including phenoxy) is 3. The highest BCUT2D eigenvalue weighted by molar-refractivity contribution is 7.37. The summed E-state index contributed by atoms with van der Waals surface area (Å²) in [4.78, 5) is 0. The van der Waals surface area contributed by atoms with Gasteiger partial charge in [-0.05, 0) is 61.8 Å². The van der Waals surface area contributed by atoms with E-state index in [1.807, 2.05) is 31.2 Å². The van der Waals surface area contributed by atoms with Gasteiger partial charge in [0, 0.05) is 5.66 Å². The van der Waals surface area contributed by atoms with Crippen LogP contribution in [0.1, 0.15) is 37.1 Å². The summed E-state index contributed by atoms with van der Waals surface area (Å²) < 4.78 is 16.8. The first kappa shape index (κ1) is 19.8. The summed E-state index contributed by atoms with van der Waals surface area (Å²) in [6, 6.07) is 16.5. The van der Waals surface area contributed by atoms with Crippen LogP contribution in [0.25, 0.3) is 0 Å². The van der Waals surface area contributed by atoms with E-state index in [-0.39, 0.29) is 6.29 Å². The highest BCUT2D eigenvalue weighted by Crippen LogP contribution is 2.35. The van der Waals surface area contributed by atoms with Crippen molar-refractivity contribution < 1.29 is 14.2 Å². The van der Waals surface area contributed by atoms with Crippen LogP contribution in [0.2, 0.25) is 0 Å². The van der Waals surface area contributed by atoms with Crippen LogP contribution >= 0.6 is 8.58 Å². The first-order valence-electron chi connectivity index (χ1n) is 8.84. The summed E-state index contributed by atoms with van der Waals surface area (Å²) in [6.45, 7) is 7.06. The summed E-state index contributed by atoms with van der Waals surface area (Å²) in [6.07, 6.45) is 1.77. The molecule has 0 aliphatic carbocycles. The Hall–Kier alpha value is -1.57. The zero-order valence-electron chi connectivity index (χ0n) is 15.6. The molecule has 2 aromatic rings. The molecular weight excluding hydrogens is 331 g/mol. The molecule has 3 unspecified atom stereocenters. The summed E-state index contributed by atoms with van der Waals surface area (Å²) in [7, 11) is 2.61. The van der Waals surface area contributed by atoms with Gasteiger partial charge in [0.25, 0.3) is 0 Å². The van der Waals surface area contributed by atoms with E-state index in [0.717, 1.165) is 26.5 Å². The lowest BCUT2D eigenvalue weighted by atomic mass is 10.1. The minimum Gasteiger partial charge on any atom is -0.497 e. The van der Waals surface area contributed by atoms with Crippen LogP contribution < -0.4 is 9.47 Å². The summed E-state index contributed by atoms with van der Waals surface area (Å²) in [5, 5.41) is 0. The van der Waals surface area contributed by atoms with Crippen LogP contribution in [0.15, 0.2) is 48.5 Å². The Morgan fingerprint density at radius 2 is 1.60 bits per heavy atom. The highest BCUT2D eigenvalue weighted by Gasteiger charge is 2.08. The maximum absolute atomic E-state index is 5.85. The van der Waals surface area contributed by atoms with Crippen LogP contribution in [0.3, 0.4) is 0 Å². The van der Waals surface area contributed by atoms with E-state index in [0.29, 0.717) is 12.3 Å². The third-order valence-electron chi connectivity index (χ3n) is 4.24. The third kappa shape index (κ3) is 6.34. The molecule has 2 aromatic carbocycles. The monoisotopic (exact) mass is 360 g/mol. The van der Waals surface area contributed by atoms with E-state index in [4.69, 9.17) is 14.2 Å². The first-order chi connectivity index (χ1) is 12.2. The average molecular weight is 360 g/mol. The van der Waals surface area contributed by atoms with Crippen LogP contribution in [-0.4, -0.2) is 26.7 Å². The Morgan fingerprint density at radius 3 is 2.16 bits per heavy atom. The van der Waals surface area contributed by atoms with Gasteiger partial charge in [0.15, 0.2) is 6.29 Å². The van der Waals surface area contributed by atoms with Gasteiger partial charge in [-0.25, -0.2) is 0 Å². The molecule has 0 radical (unpaired) electrons.